The van der Waals surface area contributed by atoms with Crippen LogP contribution in [0.25, 0.3) is 0 Å². The van der Waals surface area contributed by atoms with Crippen LogP contribution in [0.3, 0.4) is 0 Å². The van der Waals surface area contributed by atoms with Gasteiger partial charge in [-0.3, -0.25) is 4.79 Å². The molecule has 0 amide bonds. The summed E-state index contributed by atoms with van der Waals surface area (Å²) in [7, 11) is 0. The second-order valence-electron chi connectivity index (χ2n) is 9.01. The van der Waals surface area contributed by atoms with Gasteiger partial charge in [0.25, 0.3) is 0 Å². The number of aliphatic hydroxyl groups excluding tert-OH is 2. The zero-order valence-electron chi connectivity index (χ0n) is 17.6. The molecular formula is C21H32O7S3. The number of hydrogen-bond donors (Lipinski definition) is 2. The lowest BCUT2D eigenvalue weighted by Gasteiger charge is -2.46. The molecule has 5 rings (SSSR count). The van der Waals surface area contributed by atoms with Crippen molar-refractivity contribution in [1.29, 1.82) is 0 Å². The molecule has 7 nitrogen and oxygen atoms in total. The standard InChI is InChI=1S/C21H32O7S3/c22-17-13(18(23)15-11-29-7-1-20(15)25-3-4-26-20)9-31-10-14(17)19(24)16-12-30-8-2-21(16)27-5-6-28-21/h13-16,18-19,23-24H,1-12H2/t13-,14+,15-,16+,18+,19-. The minimum Gasteiger partial charge on any atom is -0.392 e. The monoisotopic (exact) mass is 492 g/mol. The van der Waals surface area contributed by atoms with Gasteiger partial charge in [0.05, 0.1) is 50.5 Å². The van der Waals surface area contributed by atoms with E-state index in [0.717, 1.165) is 24.3 Å². The largest absolute Gasteiger partial charge is 0.392 e. The molecule has 0 radical (unpaired) electrons. The van der Waals surface area contributed by atoms with Gasteiger partial charge in [0.15, 0.2) is 11.6 Å². The number of rotatable bonds is 4. The molecular weight excluding hydrogens is 460 g/mol. The van der Waals surface area contributed by atoms with Crippen LogP contribution in [0.15, 0.2) is 0 Å². The van der Waals surface area contributed by atoms with Gasteiger partial charge >= 0.3 is 0 Å². The van der Waals surface area contributed by atoms with Gasteiger partial charge < -0.3 is 29.2 Å². The van der Waals surface area contributed by atoms with Crippen LogP contribution in [0.2, 0.25) is 0 Å². The summed E-state index contributed by atoms with van der Waals surface area (Å²) in [4.78, 5) is 13.6. The van der Waals surface area contributed by atoms with Crippen molar-refractivity contribution in [3.63, 3.8) is 0 Å². The Bertz CT molecular complexity index is 601. The highest BCUT2D eigenvalue weighted by atomic mass is 32.2. The second kappa shape index (κ2) is 9.62. The van der Waals surface area contributed by atoms with Gasteiger partial charge in [-0.05, 0) is 11.5 Å². The molecule has 2 spiro atoms. The summed E-state index contributed by atoms with van der Waals surface area (Å²) in [6.07, 6.45) is -0.212. The molecule has 0 aliphatic carbocycles. The molecule has 0 aromatic carbocycles. The molecule has 10 heteroatoms. The number of carbonyl (C=O) groups excluding carboxylic acids is 1. The zero-order valence-corrected chi connectivity index (χ0v) is 20.1. The first-order valence-electron chi connectivity index (χ1n) is 11.3. The number of aliphatic hydroxyl groups is 2. The van der Waals surface area contributed by atoms with Crippen LogP contribution in [0.5, 0.6) is 0 Å². The molecule has 176 valence electrons. The summed E-state index contributed by atoms with van der Waals surface area (Å²) < 4.78 is 23.9. The summed E-state index contributed by atoms with van der Waals surface area (Å²) in [5.41, 5.74) is 0. The fraction of sp³-hybridized carbons (Fsp3) is 0.952. The van der Waals surface area contributed by atoms with Crippen molar-refractivity contribution in [2.75, 3.05) is 60.9 Å². The third-order valence-corrected chi connectivity index (χ3v) is 10.8. The lowest BCUT2D eigenvalue weighted by Crippen LogP contribution is -2.57. The first-order valence-corrected chi connectivity index (χ1v) is 14.7. The molecule has 5 heterocycles. The van der Waals surface area contributed by atoms with Crippen LogP contribution in [0.1, 0.15) is 12.8 Å². The van der Waals surface area contributed by atoms with Crippen molar-refractivity contribution in [3.8, 4) is 0 Å². The normalized spacial score (nSPS) is 39.7. The lowest BCUT2D eigenvalue weighted by atomic mass is 9.76. The molecule has 0 saturated carbocycles. The molecule has 2 N–H and O–H groups in total. The highest BCUT2D eigenvalue weighted by Gasteiger charge is 2.56. The molecule has 0 aromatic rings. The quantitative estimate of drug-likeness (QED) is 0.597. The Kier molecular flexibility index (Phi) is 7.21. The maximum Gasteiger partial charge on any atom is 0.175 e. The van der Waals surface area contributed by atoms with E-state index in [1.54, 1.807) is 35.3 Å². The zero-order chi connectivity index (χ0) is 21.5. The van der Waals surface area contributed by atoms with Gasteiger partial charge in [0.2, 0.25) is 0 Å². The number of hydrogen-bond acceptors (Lipinski definition) is 10. The molecule has 5 saturated heterocycles. The molecule has 31 heavy (non-hydrogen) atoms. The van der Waals surface area contributed by atoms with Crippen molar-refractivity contribution >= 4 is 41.1 Å². The summed E-state index contributed by atoms with van der Waals surface area (Å²) in [5, 5.41) is 22.7. The minimum absolute atomic E-state index is 0.0359. The van der Waals surface area contributed by atoms with E-state index in [4.69, 9.17) is 18.9 Å². The van der Waals surface area contributed by atoms with E-state index in [1.807, 2.05) is 0 Å². The van der Waals surface area contributed by atoms with E-state index in [-0.39, 0.29) is 17.6 Å². The van der Waals surface area contributed by atoms with Gasteiger partial charge in [-0.15, -0.1) is 0 Å². The Hall–Kier alpha value is 0.480. The third kappa shape index (κ3) is 4.23. The minimum atomic E-state index is -0.838. The number of ether oxygens (including phenoxy) is 4. The predicted molar refractivity (Wildman–Crippen MR) is 121 cm³/mol. The first-order chi connectivity index (χ1) is 15.1. The molecule has 0 aromatic heterocycles. The molecule has 0 bridgehead atoms. The number of ketones is 1. The third-order valence-electron chi connectivity index (χ3n) is 7.44. The van der Waals surface area contributed by atoms with Crippen molar-refractivity contribution in [2.45, 2.75) is 36.6 Å². The topological polar surface area (TPSA) is 94.5 Å². The van der Waals surface area contributed by atoms with Crippen LogP contribution in [0, 0.1) is 23.7 Å². The van der Waals surface area contributed by atoms with Gasteiger partial charge in [-0.25, -0.2) is 0 Å². The van der Waals surface area contributed by atoms with E-state index in [0.29, 0.717) is 49.4 Å². The lowest BCUT2D eigenvalue weighted by molar-refractivity contribution is -0.221. The Morgan fingerprint density at radius 1 is 0.710 bits per heavy atom. The summed E-state index contributed by atoms with van der Waals surface area (Å²) >= 11 is 5.20. The van der Waals surface area contributed by atoms with Crippen LogP contribution >= 0.6 is 35.3 Å². The average molecular weight is 493 g/mol. The van der Waals surface area contributed by atoms with Gasteiger partial charge in [0.1, 0.15) is 5.78 Å². The predicted octanol–water partition coefficient (Wildman–Crippen LogP) is 1.25. The highest BCUT2D eigenvalue weighted by molar-refractivity contribution is 7.99. The van der Waals surface area contributed by atoms with E-state index in [9.17, 15) is 15.0 Å². The SMILES string of the molecule is O=C1[C@H]([C@H](O)[C@H]2CSCCC23OCCO3)CSC[C@@H]1[C@@H](O)[C@@H]1CSCCC12OCCO2. The Balaban J connectivity index is 1.32. The fourth-order valence-corrected chi connectivity index (χ4v) is 9.67. The fourth-order valence-electron chi connectivity index (χ4n) is 5.71. The van der Waals surface area contributed by atoms with E-state index >= 15 is 0 Å². The number of carbonyl (C=O) groups is 1. The van der Waals surface area contributed by atoms with E-state index in [2.05, 4.69) is 0 Å². The van der Waals surface area contributed by atoms with Crippen LogP contribution in [-0.2, 0) is 23.7 Å². The van der Waals surface area contributed by atoms with Crippen molar-refractivity contribution in [1.82, 2.24) is 0 Å². The molecule has 0 unspecified atom stereocenters. The van der Waals surface area contributed by atoms with Crippen molar-refractivity contribution in [3.05, 3.63) is 0 Å². The van der Waals surface area contributed by atoms with Crippen molar-refractivity contribution in [2.24, 2.45) is 23.7 Å². The Labute approximate surface area is 196 Å². The smallest absolute Gasteiger partial charge is 0.175 e. The van der Waals surface area contributed by atoms with Crippen molar-refractivity contribution < 1.29 is 34.0 Å². The van der Waals surface area contributed by atoms with Gasteiger partial charge in [-0.1, -0.05) is 0 Å². The van der Waals surface area contributed by atoms with Crippen LogP contribution in [0.4, 0.5) is 0 Å². The average Bonchev–Trinajstić information content (AvgIpc) is 3.44. The summed E-state index contributed by atoms with van der Waals surface area (Å²) in [6, 6.07) is 0. The van der Waals surface area contributed by atoms with E-state index < -0.39 is 35.6 Å². The summed E-state index contributed by atoms with van der Waals surface area (Å²) in [5.74, 6) is 1.33. The van der Waals surface area contributed by atoms with Gasteiger partial charge in [0, 0.05) is 47.7 Å². The Morgan fingerprint density at radius 2 is 1.13 bits per heavy atom. The van der Waals surface area contributed by atoms with Gasteiger partial charge in [-0.2, -0.15) is 35.3 Å². The summed E-state index contributed by atoms with van der Waals surface area (Å²) in [6.45, 7) is 2.13. The number of Topliss-reactive ketones (excluding diaryl/α,β-unsaturated/α-hetero) is 1. The maximum atomic E-state index is 13.6. The second-order valence-corrected chi connectivity index (χ2v) is 12.4. The molecule has 6 atom stereocenters. The highest BCUT2D eigenvalue weighted by Crippen LogP contribution is 2.46. The number of thioether (sulfide) groups is 3. The maximum absolute atomic E-state index is 13.6. The van der Waals surface area contributed by atoms with Crippen LogP contribution in [-0.4, -0.2) is 101 Å². The van der Waals surface area contributed by atoms with Crippen LogP contribution < -0.4 is 0 Å². The Morgan fingerprint density at radius 3 is 1.55 bits per heavy atom. The first kappa shape index (κ1) is 23.2. The molecule has 5 aliphatic rings. The molecule has 5 fully saturated rings. The molecule has 5 aliphatic heterocycles. The van der Waals surface area contributed by atoms with E-state index in [1.165, 1.54) is 0 Å².